The molecule has 0 spiro atoms. The van der Waals surface area contributed by atoms with Crippen LogP contribution >= 0.6 is 12.2 Å². The molecule has 10 heteroatoms. The summed E-state index contributed by atoms with van der Waals surface area (Å²) in [5.74, 6) is -4.19. The molecule has 0 radical (unpaired) electrons. The van der Waals surface area contributed by atoms with Crippen LogP contribution in [0, 0.1) is 28.1 Å². The fourth-order valence-corrected chi connectivity index (χ4v) is 4.90. The Morgan fingerprint density at radius 2 is 1.88 bits per heavy atom. The van der Waals surface area contributed by atoms with Crippen LogP contribution in [0.5, 0.6) is 0 Å². The number of benzene rings is 1. The molecule has 1 fully saturated rings. The number of hydrogen-bond donors (Lipinski definition) is 1. The van der Waals surface area contributed by atoms with Crippen molar-refractivity contribution in [1.29, 1.82) is 0 Å². The Morgan fingerprint density at radius 3 is 2.53 bits per heavy atom. The van der Waals surface area contributed by atoms with Gasteiger partial charge in [-0.05, 0) is 30.8 Å². The molecule has 6 nitrogen and oxygen atoms in total. The summed E-state index contributed by atoms with van der Waals surface area (Å²) in [7, 11) is 3.43. The van der Waals surface area contributed by atoms with Gasteiger partial charge in [-0.15, -0.1) is 0 Å². The van der Waals surface area contributed by atoms with E-state index >= 15 is 0 Å². The lowest BCUT2D eigenvalue weighted by atomic mass is 9.95. The second-order valence-electron chi connectivity index (χ2n) is 8.43. The second kappa shape index (κ2) is 8.23. The van der Waals surface area contributed by atoms with Crippen LogP contribution in [-0.4, -0.2) is 39.4 Å². The van der Waals surface area contributed by atoms with Gasteiger partial charge in [-0.25, -0.2) is 13.2 Å². The number of aromatic nitrogens is 2. The van der Waals surface area contributed by atoms with Gasteiger partial charge < -0.3 is 19.4 Å². The monoisotopic (exact) mass is 464 g/mol. The largest absolute Gasteiger partial charge is 0.345 e. The van der Waals surface area contributed by atoms with Crippen molar-refractivity contribution in [1.82, 2.24) is 19.4 Å². The SMILES string of the molecule is C=C(NC(=O)Cc1c2n(c(=S)n1C)C[C@@H](c1c(F)ccc(F)c1F)C2)[C@H]1CC(=O)N(C)C1. The molecule has 1 aromatic carbocycles. The number of rotatable bonds is 5. The molecule has 1 N–H and O–H groups in total. The van der Waals surface area contributed by atoms with E-state index in [4.69, 9.17) is 12.2 Å². The summed E-state index contributed by atoms with van der Waals surface area (Å²) in [6.45, 7) is 4.60. The zero-order valence-electron chi connectivity index (χ0n) is 17.8. The predicted octanol–water partition coefficient (Wildman–Crippen LogP) is 2.96. The maximum atomic E-state index is 14.3. The van der Waals surface area contributed by atoms with Crippen LogP contribution in [0.3, 0.4) is 0 Å². The summed E-state index contributed by atoms with van der Waals surface area (Å²) in [6.07, 6.45) is 0.514. The van der Waals surface area contributed by atoms with E-state index in [9.17, 15) is 22.8 Å². The van der Waals surface area contributed by atoms with Gasteiger partial charge in [-0.1, -0.05) is 6.58 Å². The molecule has 0 unspecified atom stereocenters. The lowest BCUT2D eigenvalue weighted by Crippen LogP contribution is -2.29. The van der Waals surface area contributed by atoms with Gasteiger partial charge in [-0.3, -0.25) is 9.59 Å². The molecule has 32 heavy (non-hydrogen) atoms. The topological polar surface area (TPSA) is 59.3 Å². The fourth-order valence-electron chi connectivity index (χ4n) is 4.60. The summed E-state index contributed by atoms with van der Waals surface area (Å²) in [6, 6.07) is 1.68. The lowest BCUT2D eigenvalue weighted by molar-refractivity contribution is -0.126. The molecule has 2 aliphatic rings. The van der Waals surface area contributed by atoms with Gasteiger partial charge in [0.15, 0.2) is 16.4 Å². The fraction of sp³-hybridized carbons (Fsp3) is 0.409. The van der Waals surface area contributed by atoms with E-state index in [0.29, 0.717) is 34.8 Å². The molecule has 0 saturated carbocycles. The Labute approximate surface area is 188 Å². The highest BCUT2D eigenvalue weighted by Gasteiger charge is 2.34. The predicted molar refractivity (Wildman–Crippen MR) is 114 cm³/mol. The van der Waals surface area contributed by atoms with Gasteiger partial charge in [0.1, 0.15) is 5.82 Å². The smallest absolute Gasteiger partial charge is 0.230 e. The van der Waals surface area contributed by atoms with Crippen LogP contribution in [-0.2, 0) is 36.0 Å². The van der Waals surface area contributed by atoms with Gasteiger partial charge >= 0.3 is 0 Å². The van der Waals surface area contributed by atoms with Crippen LogP contribution < -0.4 is 5.32 Å². The number of nitrogens with zero attached hydrogens (tertiary/aromatic N) is 3. The van der Waals surface area contributed by atoms with E-state index in [1.54, 1.807) is 28.1 Å². The number of hydrogen-bond acceptors (Lipinski definition) is 3. The van der Waals surface area contributed by atoms with Crippen molar-refractivity contribution in [3.8, 4) is 0 Å². The second-order valence-corrected chi connectivity index (χ2v) is 8.79. The van der Waals surface area contributed by atoms with Crippen LogP contribution in [0.2, 0.25) is 0 Å². The first-order valence-electron chi connectivity index (χ1n) is 10.2. The average Bonchev–Trinajstić information content (AvgIpc) is 3.37. The third-order valence-corrected chi connectivity index (χ3v) is 6.87. The molecule has 2 amide bonds. The van der Waals surface area contributed by atoms with E-state index in [2.05, 4.69) is 11.9 Å². The molecule has 4 rings (SSSR count). The summed E-state index contributed by atoms with van der Waals surface area (Å²) < 4.78 is 46.2. The Kier molecular flexibility index (Phi) is 5.74. The number of nitrogens with one attached hydrogen (secondary N) is 1. The normalized spacial score (nSPS) is 20.0. The van der Waals surface area contributed by atoms with Gasteiger partial charge in [0, 0.05) is 68.1 Å². The molecule has 0 bridgehead atoms. The Hall–Kier alpha value is -2.88. The molecular weight excluding hydrogens is 441 g/mol. The average molecular weight is 465 g/mol. The van der Waals surface area contributed by atoms with E-state index < -0.39 is 23.4 Å². The highest BCUT2D eigenvalue weighted by molar-refractivity contribution is 7.71. The van der Waals surface area contributed by atoms with Crippen LogP contribution in [0.1, 0.15) is 29.3 Å². The van der Waals surface area contributed by atoms with Gasteiger partial charge in [0.2, 0.25) is 11.8 Å². The number of carbonyl (C=O) groups excluding carboxylic acids is 2. The van der Waals surface area contributed by atoms with E-state index in [0.717, 1.165) is 12.1 Å². The first-order valence-corrected chi connectivity index (χ1v) is 10.6. The quantitative estimate of drug-likeness (QED) is 0.547. The molecule has 170 valence electrons. The zero-order chi connectivity index (χ0) is 23.3. The lowest BCUT2D eigenvalue weighted by Gasteiger charge is -2.15. The molecule has 1 saturated heterocycles. The van der Waals surface area contributed by atoms with E-state index in [1.807, 2.05) is 0 Å². The van der Waals surface area contributed by atoms with Gasteiger partial charge in [0.05, 0.1) is 6.42 Å². The van der Waals surface area contributed by atoms with E-state index in [1.165, 1.54) is 0 Å². The van der Waals surface area contributed by atoms with E-state index in [-0.39, 0.29) is 42.7 Å². The maximum Gasteiger partial charge on any atom is 0.230 e. The minimum Gasteiger partial charge on any atom is -0.345 e. The van der Waals surface area contributed by atoms with Gasteiger partial charge in [-0.2, -0.15) is 0 Å². The van der Waals surface area contributed by atoms with Crippen molar-refractivity contribution >= 4 is 24.0 Å². The number of carbonyl (C=O) groups is 2. The van der Waals surface area contributed by atoms with Crippen molar-refractivity contribution in [2.24, 2.45) is 13.0 Å². The number of likely N-dealkylation sites (tertiary alicyclic amines) is 1. The van der Waals surface area contributed by atoms with Crippen LogP contribution in [0.4, 0.5) is 13.2 Å². The third-order valence-electron chi connectivity index (χ3n) is 6.37. The Morgan fingerprint density at radius 1 is 1.19 bits per heavy atom. The highest BCUT2D eigenvalue weighted by atomic mass is 32.1. The molecule has 2 aliphatic heterocycles. The summed E-state index contributed by atoms with van der Waals surface area (Å²) in [5.41, 5.74) is 1.50. The van der Waals surface area contributed by atoms with Crippen molar-refractivity contribution < 1.29 is 22.8 Å². The third kappa shape index (κ3) is 3.76. The minimum absolute atomic E-state index is 0.000608. The van der Waals surface area contributed by atoms with Gasteiger partial charge in [0.25, 0.3) is 0 Å². The standard InChI is InChI=1S/C22H23F3N4O2S/c1-11(12-7-19(31)27(2)9-12)26-18(30)8-16-17-6-13(10-29(17)22(32)28(16)3)20-14(23)4-5-15(24)21(20)25/h4-5,12-13H,1,6-10H2,2-3H3,(H,26,30)/t12-,13-/m0/s1. The zero-order valence-corrected chi connectivity index (χ0v) is 18.6. The summed E-state index contributed by atoms with van der Waals surface area (Å²) in [5, 5.41) is 2.77. The van der Waals surface area contributed by atoms with Crippen LogP contribution in [0.25, 0.3) is 0 Å². The molecule has 1 aromatic heterocycles. The summed E-state index contributed by atoms with van der Waals surface area (Å²) >= 11 is 5.46. The molecule has 3 heterocycles. The number of halogens is 3. The van der Waals surface area contributed by atoms with Crippen molar-refractivity contribution in [3.63, 3.8) is 0 Å². The number of amides is 2. The first-order chi connectivity index (χ1) is 15.1. The summed E-state index contributed by atoms with van der Waals surface area (Å²) in [4.78, 5) is 26.0. The molecule has 0 aliphatic carbocycles. The first kappa shape index (κ1) is 22.3. The molecular formula is C22H23F3N4O2S. The molecule has 2 aromatic rings. The maximum absolute atomic E-state index is 14.3. The molecule has 2 atom stereocenters. The number of fused-ring (bicyclic) bond motifs is 1. The van der Waals surface area contributed by atoms with Crippen LogP contribution in [0.15, 0.2) is 24.4 Å². The van der Waals surface area contributed by atoms with Crippen molar-refractivity contribution in [2.75, 3.05) is 13.6 Å². The Balaban J connectivity index is 1.53. The van der Waals surface area contributed by atoms with Crippen molar-refractivity contribution in [3.05, 3.63) is 63.6 Å². The number of imidazole rings is 1. The Bertz CT molecular complexity index is 1200. The van der Waals surface area contributed by atoms with Crippen molar-refractivity contribution in [2.45, 2.75) is 31.7 Å². The highest BCUT2D eigenvalue weighted by Crippen LogP contribution is 2.36. The minimum atomic E-state index is -1.19.